The fourth-order valence-electron chi connectivity index (χ4n) is 2.19. The summed E-state index contributed by atoms with van der Waals surface area (Å²) in [5.74, 6) is 0.591. The Morgan fingerprint density at radius 2 is 1.55 bits per heavy atom. The summed E-state index contributed by atoms with van der Waals surface area (Å²) >= 11 is 0. The van der Waals surface area contributed by atoms with Gasteiger partial charge in [0.15, 0.2) is 0 Å². The van der Waals surface area contributed by atoms with Gasteiger partial charge in [0.25, 0.3) is 0 Å². The first-order valence-electron chi connectivity index (χ1n) is 7.39. The smallest absolute Gasteiger partial charge is 0.407 e. The van der Waals surface area contributed by atoms with Crippen LogP contribution in [0.3, 0.4) is 0 Å². The molecule has 0 saturated carbocycles. The van der Waals surface area contributed by atoms with Gasteiger partial charge < -0.3 is 15.4 Å². The van der Waals surface area contributed by atoms with E-state index >= 15 is 0 Å². The van der Waals surface area contributed by atoms with Gasteiger partial charge in [-0.05, 0) is 17.8 Å². The van der Waals surface area contributed by atoms with E-state index in [1.807, 2.05) is 13.8 Å². The van der Waals surface area contributed by atoms with Crippen LogP contribution in [0.4, 0.5) is 4.79 Å². The number of hydrogen-bond donors (Lipinski definition) is 2. The van der Waals surface area contributed by atoms with E-state index in [2.05, 4.69) is 43.1 Å². The zero-order valence-electron chi connectivity index (χ0n) is 13.8. The molecule has 0 fully saturated rings. The lowest BCUT2D eigenvalue weighted by atomic mass is 9.89. The van der Waals surface area contributed by atoms with E-state index < -0.39 is 12.1 Å². The monoisotopic (exact) mass is 286 g/mol. The van der Waals surface area contributed by atoms with Gasteiger partial charge >= 0.3 is 6.09 Å². The number of rotatable bonds is 7. The van der Waals surface area contributed by atoms with E-state index in [-0.39, 0.29) is 17.9 Å². The first-order valence-corrected chi connectivity index (χ1v) is 7.39. The van der Waals surface area contributed by atoms with Crippen molar-refractivity contribution in [3.8, 4) is 0 Å². The van der Waals surface area contributed by atoms with Crippen LogP contribution in [0.1, 0.15) is 48.0 Å². The maximum absolute atomic E-state index is 12.4. The minimum Gasteiger partial charge on any atom is -0.453 e. The van der Waals surface area contributed by atoms with E-state index in [0.29, 0.717) is 11.8 Å². The summed E-state index contributed by atoms with van der Waals surface area (Å²) in [7, 11) is 1.29. The van der Waals surface area contributed by atoms with Crippen LogP contribution in [0, 0.1) is 17.8 Å². The van der Waals surface area contributed by atoms with Crippen LogP contribution < -0.4 is 10.6 Å². The molecule has 2 N–H and O–H groups in total. The minimum absolute atomic E-state index is 0.00107. The minimum atomic E-state index is -0.580. The number of methoxy groups -OCH3 is 1. The molecule has 0 aliphatic heterocycles. The number of carbonyl (C=O) groups excluding carboxylic acids is 2. The molecule has 0 aromatic carbocycles. The molecule has 1 unspecified atom stereocenters. The Morgan fingerprint density at radius 3 is 1.90 bits per heavy atom. The van der Waals surface area contributed by atoms with Gasteiger partial charge in [0.2, 0.25) is 5.91 Å². The van der Waals surface area contributed by atoms with Crippen LogP contribution in [0.25, 0.3) is 0 Å². The number of amides is 2. The normalized spacial score (nSPS) is 15.7. The van der Waals surface area contributed by atoms with E-state index in [4.69, 9.17) is 0 Å². The summed E-state index contributed by atoms with van der Waals surface area (Å²) in [5.41, 5.74) is 0. The molecule has 5 heteroatoms. The molecule has 0 spiro atoms. The van der Waals surface area contributed by atoms with Crippen LogP contribution >= 0.6 is 0 Å². The molecule has 0 rings (SSSR count). The molecule has 0 radical (unpaired) electrons. The summed E-state index contributed by atoms with van der Waals surface area (Å²) in [5, 5.41) is 5.66. The number of ether oxygens (including phenoxy) is 1. The summed E-state index contributed by atoms with van der Waals surface area (Å²) in [4.78, 5) is 23.7. The van der Waals surface area contributed by atoms with E-state index in [9.17, 15) is 9.59 Å². The second-order valence-corrected chi connectivity index (χ2v) is 6.02. The molecule has 0 aromatic rings. The van der Waals surface area contributed by atoms with Crippen molar-refractivity contribution in [1.82, 2.24) is 10.6 Å². The molecule has 0 aliphatic carbocycles. The average Bonchev–Trinajstić information content (AvgIpc) is 2.39. The highest BCUT2D eigenvalue weighted by Crippen LogP contribution is 2.16. The predicted octanol–water partition coefficient (Wildman–Crippen LogP) is 2.55. The van der Waals surface area contributed by atoms with Crippen LogP contribution in [-0.2, 0) is 9.53 Å². The standard InChI is InChI=1S/C15H30N2O3/c1-8-11(6)12(9(2)3)16-14(18)13(10(4)5)17-15(19)20-7/h9-13H,8H2,1-7H3,(H,16,18)(H,17,19)/t11-,12?,13-/m1/s1. The third kappa shape index (κ3) is 5.80. The maximum atomic E-state index is 12.4. The zero-order chi connectivity index (χ0) is 15.9. The zero-order valence-corrected chi connectivity index (χ0v) is 13.8. The Labute approximate surface area is 122 Å². The molecule has 0 saturated heterocycles. The molecular formula is C15H30N2O3. The fourth-order valence-corrected chi connectivity index (χ4v) is 2.19. The summed E-state index contributed by atoms with van der Waals surface area (Å²) in [6.07, 6.45) is 0.420. The topological polar surface area (TPSA) is 67.4 Å². The van der Waals surface area contributed by atoms with Crippen molar-refractivity contribution >= 4 is 12.0 Å². The van der Waals surface area contributed by atoms with E-state index in [1.54, 1.807) is 0 Å². The van der Waals surface area contributed by atoms with Crippen molar-refractivity contribution < 1.29 is 14.3 Å². The van der Waals surface area contributed by atoms with Crippen LogP contribution in [-0.4, -0.2) is 31.2 Å². The molecular weight excluding hydrogens is 256 g/mol. The molecule has 0 aliphatic rings. The lowest BCUT2D eigenvalue weighted by Gasteiger charge is -2.30. The molecule has 5 nitrogen and oxygen atoms in total. The quantitative estimate of drug-likeness (QED) is 0.756. The highest BCUT2D eigenvalue weighted by molar-refractivity contribution is 5.86. The average molecular weight is 286 g/mol. The van der Waals surface area contributed by atoms with Crippen molar-refractivity contribution in [3.05, 3.63) is 0 Å². The lowest BCUT2D eigenvalue weighted by Crippen LogP contribution is -2.54. The Morgan fingerprint density at radius 1 is 1.00 bits per heavy atom. The predicted molar refractivity (Wildman–Crippen MR) is 80.4 cm³/mol. The molecule has 0 aromatic heterocycles. The Bertz CT molecular complexity index is 316. The highest BCUT2D eigenvalue weighted by atomic mass is 16.5. The third-order valence-corrected chi connectivity index (χ3v) is 3.69. The third-order valence-electron chi connectivity index (χ3n) is 3.69. The second kappa shape index (κ2) is 8.82. The molecule has 0 bridgehead atoms. The van der Waals surface area contributed by atoms with Crippen LogP contribution in [0.5, 0.6) is 0 Å². The second-order valence-electron chi connectivity index (χ2n) is 6.02. The van der Waals surface area contributed by atoms with Crippen molar-refractivity contribution in [2.75, 3.05) is 7.11 Å². The van der Waals surface area contributed by atoms with Gasteiger partial charge in [-0.15, -0.1) is 0 Å². The van der Waals surface area contributed by atoms with Gasteiger partial charge in [-0.25, -0.2) is 4.79 Å². The SMILES string of the molecule is CC[C@@H](C)C(NC(=O)[C@H](NC(=O)OC)C(C)C)C(C)C. The first-order chi connectivity index (χ1) is 9.24. The first kappa shape index (κ1) is 18.7. The largest absolute Gasteiger partial charge is 0.453 e. The van der Waals surface area contributed by atoms with E-state index in [0.717, 1.165) is 6.42 Å². The van der Waals surface area contributed by atoms with Gasteiger partial charge in [-0.1, -0.05) is 48.0 Å². The molecule has 118 valence electrons. The van der Waals surface area contributed by atoms with Crippen molar-refractivity contribution in [2.24, 2.45) is 17.8 Å². The maximum Gasteiger partial charge on any atom is 0.407 e. The van der Waals surface area contributed by atoms with Gasteiger partial charge in [-0.3, -0.25) is 4.79 Å². The molecule has 3 atom stereocenters. The summed E-state index contributed by atoms with van der Waals surface area (Å²) in [6.45, 7) is 12.2. The van der Waals surface area contributed by atoms with Crippen molar-refractivity contribution in [3.63, 3.8) is 0 Å². The Kier molecular flexibility index (Phi) is 8.26. The molecule has 0 heterocycles. The summed E-state index contributed by atoms with van der Waals surface area (Å²) in [6, 6.07) is -0.471. The van der Waals surface area contributed by atoms with Gasteiger partial charge in [0.1, 0.15) is 6.04 Å². The number of alkyl carbamates (subject to hydrolysis) is 1. The Balaban J connectivity index is 4.84. The van der Waals surface area contributed by atoms with Crippen molar-refractivity contribution in [2.45, 2.75) is 60.0 Å². The number of hydrogen-bond acceptors (Lipinski definition) is 3. The van der Waals surface area contributed by atoms with E-state index in [1.165, 1.54) is 7.11 Å². The van der Waals surface area contributed by atoms with Gasteiger partial charge in [0, 0.05) is 6.04 Å². The van der Waals surface area contributed by atoms with Crippen LogP contribution in [0.2, 0.25) is 0 Å². The fraction of sp³-hybridized carbons (Fsp3) is 0.867. The summed E-state index contributed by atoms with van der Waals surface area (Å²) < 4.78 is 4.57. The lowest BCUT2D eigenvalue weighted by molar-refractivity contribution is -0.125. The number of carbonyl (C=O) groups is 2. The van der Waals surface area contributed by atoms with Gasteiger partial charge in [0.05, 0.1) is 7.11 Å². The Hall–Kier alpha value is -1.26. The van der Waals surface area contributed by atoms with Crippen molar-refractivity contribution in [1.29, 1.82) is 0 Å². The van der Waals surface area contributed by atoms with Gasteiger partial charge in [-0.2, -0.15) is 0 Å². The van der Waals surface area contributed by atoms with Crippen LogP contribution in [0.15, 0.2) is 0 Å². The highest BCUT2D eigenvalue weighted by Gasteiger charge is 2.29. The number of nitrogens with one attached hydrogen (secondary N) is 2. The molecule has 20 heavy (non-hydrogen) atoms. The molecule has 2 amide bonds.